The van der Waals surface area contributed by atoms with Crippen molar-refractivity contribution in [2.75, 3.05) is 42.9 Å². The number of rotatable bonds is 7. The zero-order chi connectivity index (χ0) is 23.5. The number of hydrogen-bond acceptors (Lipinski definition) is 7. The number of aromatic nitrogens is 4. The van der Waals surface area contributed by atoms with Gasteiger partial charge in [-0.15, -0.1) is 5.10 Å². The summed E-state index contributed by atoms with van der Waals surface area (Å²) in [7, 11) is 0. The summed E-state index contributed by atoms with van der Waals surface area (Å²) in [5, 5.41) is 8.35. The Kier molecular flexibility index (Phi) is 6.36. The third-order valence-corrected chi connectivity index (χ3v) is 7.34. The van der Waals surface area contributed by atoms with Crippen molar-refractivity contribution in [3.8, 4) is 11.6 Å². The van der Waals surface area contributed by atoms with Crippen molar-refractivity contribution in [3.05, 3.63) is 60.5 Å². The van der Waals surface area contributed by atoms with Gasteiger partial charge in [0.25, 0.3) is 0 Å². The molecule has 1 aliphatic heterocycles. The molecule has 182 valence electrons. The lowest BCUT2D eigenvalue weighted by atomic mass is 9.89. The first-order valence-electron chi connectivity index (χ1n) is 12.9. The van der Waals surface area contributed by atoms with Gasteiger partial charge in [-0.3, -0.25) is 4.90 Å². The quantitative estimate of drug-likeness (QED) is 0.419. The van der Waals surface area contributed by atoms with Crippen LogP contribution >= 0.6 is 0 Å². The SMILES string of the molecule is c1ccc(N2CCN(Cc3cnc(NCC4CCCCC4)n4nc(-c5ccco5)nc34)CC2)cc1. The minimum atomic E-state index is 0.596. The number of furan rings is 1. The molecule has 1 N–H and O–H groups in total. The third-order valence-electron chi connectivity index (χ3n) is 7.34. The van der Waals surface area contributed by atoms with Gasteiger partial charge in [-0.1, -0.05) is 37.5 Å². The maximum absolute atomic E-state index is 5.59. The standard InChI is InChI=1S/C27H33N7O/c1-3-8-21(9-4-1)18-28-27-29-19-22(26-30-25(31-34(26)27)24-12-7-17-35-24)20-32-13-15-33(16-14-32)23-10-5-2-6-11-23/h2,5-7,10-12,17,19,21H,1,3-4,8-9,13-16,18,20H2,(H,28,29). The summed E-state index contributed by atoms with van der Waals surface area (Å²) in [4.78, 5) is 14.6. The Hall–Kier alpha value is -3.39. The van der Waals surface area contributed by atoms with E-state index in [0.717, 1.165) is 56.4 Å². The number of piperazine rings is 1. The molecule has 4 heterocycles. The molecule has 0 atom stereocenters. The van der Waals surface area contributed by atoms with Crippen LogP contribution in [-0.4, -0.2) is 57.2 Å². The van der Waals surface area contributed by atoms with Gasteiger partial charge in [0, 0.05) is 56.7 Å². The van der Waals surface area contributed by atoms with Crippen LogP contribution in [0.15, 0.2) is 59.3 Å². The number of hydrogen-bond donors (Lipinski definition) is 1. The van der Waals surface area contributed by atoms with Crippen LogP contribution in [0, 0.1) is 5.92 Å². The monoisotopic (exact) mass is 471 g/mol. The Bertz CT molecular complexity index is 1220. The first kappa shape index (κ1) is 22.1. The molecule has 0 amide bonds. The molecule has 4 aromatic rings. The van der Waals surface area contributed by atoms with Crippen LogP contribution in [0.3, 0.4) is 0 Å². The summed E-state index contributed by atoms with van der Waals surface area (Å²) in [6.45, 7) is 5.76. The van der Waals surface area contributed by atoms with Crippen molar-refractivity contribution in [3.63, 3.8) is 0 Å². The molecule has 8 heteroatoms. The molecule has 1 saturated carbocycles. The van der Waals surface area contributed by atoms with Gasteiger partial charge in [0.05, 0.1) is 6.26 Å². The summed E-state index contributed by atoms with van der Waals surface area (Å²) in [5.74, 6) is 2.73. The number of fused-ring (bicyclic) bond motifs is 1. The van der Waals surface area contributed by atoms with E-state index in [1.165, 1.54) is 37.8 Å². The molecule has 1 saturated heterocycles. The molecule has 8 nitrogen and oxygen atoms in total. The number of nitrogens with zero attached hydrogens (tertiary/aromatic N) is 6. The minimum absolute atomic E-state index is 0.596. The van der Waals surface area contributed by atoms with Gasteiger partial charge in [-0.25, -0.2) is 9.97 Å². The molecule has 1 aliphatic carbocycles. The van der Waals surface area contributed by atoms with Gasteiger partial charge in [0.1, 0.15) is 0 Å². The highest BCUT2D eigenvalue weighted by Crippen LogP contribution is 2.25. The summed E-state index contributed by atoms with van der Waals surface area (Å²) in [6.07, 6.45) is 10.2. The normalized spacial score (nSPS) is 17.8. The Morgan fingerprint density at radius 2 is 1.77 bits per heavy atom. The molecule has 0 radical (unpaired) electrons. The summed E-state index contributed by atoms with van der Waals surface area (Å²) in [6, 6.07) is 14.4. The first-order chi connectivity index (χ1) is 17.3. The van der Waals surface area contributed by atoms with Gasteiger partial charge < -0.3 is 14.6 Å². The second-order valence-corrected chi connectivity index (χ2v) is 9.74. The lowest BCUT2D eigenvalue weighted by molar-refractivity contribution is 0.250. The second kappa shape index (κ2) is 10.1. The van der Waals surface area contributed by atoms with Gasteiger partial charge in [-0.2, -0.15) is 4.52 Å². The van der Waals surface area contributed by atoms with Crippen molar-refractivity contribution in [1.29, 1.82) is 0 Å². The fourth-order valence-corrected chi connectivity index (χ4v) is 5.33. The van der Waals surface area contributed by atoms with Crippen LogP contribution in [0.1, 0.15) is 37.7 Å². The molecule has 6 rings (SSSR count). The molecule has 0 bridgehead atoms. The number of para-hydroxylation sites is 1. The molecule has 2 fully saturated rings. The lowest BCUT2D eigenvalue weighted by Gasteiger charge is -2.36. The van der Waals surface area contributed by atoms with Crippen LogP contribution in [0.2, 0.25) is 0 Å². The van der Waals surface area contributed by atoms with E-state index in [0.29, 0.717) is 17.5 Å². The average Bonchev–Trinajstić information content (AvgIpc) is 3.61. The smallest absolute Gasteiger partial charge is 0.225 e. The van der Waals surface area contributed by atoms with Crippen molar-refractivity contribution in [2.45, 2.75) is 38.6 Å². The van der Waals surface area contributed by atoms with Crippen molar-refractivity contribution >= 4 is 17.3 Å². The maximum Gasteiger partial charge on any atom is 0.225 e. The Labute approximate surface area is 206 Å². The molecular formula is C27H33N7O. The zero-order valence-electron chi connectivity index (χ0n) is 20.1. The molecule has 3 aromatic heterocycles. The van der Waals surface area contributed by atoms with Crippen LogP contribution in [-0.2, 0) is 6.54 Å². The third kappa shape index (κ3) is 4.89. The van der Waals surface area contributed by atoms with Gasteiger partial charge in [-0.05, 0) is 43.0 Å². The van der Waals surface area contributed by atoms with Crippen LogP contribution in [0.25, 0.3) is 17.2 Å². The number of nitrogens with one attached hydrogen (secondary N) is 1. The van der Waals surface area contributed by atoms with E-state index in [2.05, 4.69) is 45.4 Å². The van der Waals surface area contributed by atoms with Crippen molar-refractivity contribution < 1.29 is 4.42 Å². The van der Waals surface area contributed by atoms with Gasteiger partial charge in [0.15, 0.2) is 11.4 Å². The molecule has 0 spiro atoms. The minimum Gasteiger partial charge on any atom is -0.461 e. The maximum atomic E-state index is 5.59. The fraction of sp³-hybridized carbons (Fsp3) is 0.444. The van der Waals surface area contributed by atoms with Crippen LogP contribution in [0.5, 0.6) is 0 Å². The first-order valence-corrected chi connectivity index (χ1v) is 12.9. The van der Waals surface area contributed by atoms with E-state index in [-0.39, 0.29) is 0 Å². The largest absolute Gasteiger partial charge is 0.461 e. The molecule has 35 heavy (non-hydrogen) atoms. The summed E-state index contributed by atoms with van der Waals surface area (Å²) in [5.41, 5.74) is 3.24. The highest BCUT2D eigenvalue weighted by atomic mass is 16.3. The highest BCUT2D eigenvalue weighted by Gasteiger charge is 2.22. The average molecular weight is 472 g/mol. The van der Waals surface area contributed by atoms with E-state index in [1.54, 1.807) is 6.26 Å². The van der Waals surface area contributed by atoms with E-state index >= 15 is 0 Å². The van der Waals surface area contributed by atoms with Crippen molar-refractivity contribution in [2.24, 2.45) is 5.92 Å². The predicted octanol–water partition coefficient (Wildman–Crippen LogP) is 4.70. The van der Waals surface area contributed by atoms with Gasteiger partial charge in [0.2, 0.25) is 11.8 Å². The Morgan fingerprint density at radius 1 is 0.943 bits per heavy atom. The topological polar surface area (TPSA) is 74.7 Å². The molecule has 2 aliphatic rings. The summed E-state index contributed by atoms with van der Waals surface area (Å²) >= 11 is 0. The van der Waals surface area contributed by atoms with E-state index in [4.69, 9.17) is 19.5 Å². The molecule has 0 unspecified atom stereocenters. The molecule has 1 aromatic carbocycles. The zero-order valence-corrected chi connectivity index (χ0v) is 20.1. The second-order valence-electron chi connectivity index (χ2n) is 9.74. The Morgan fingerprint density at radius 3 is 2.54 bits per heavy atom. The molecular weight excluding hydrogens is 438 g/mol. The van der Waals surface area contributed by atoms with Crippen LogP contribution < -0.4 is 10.2 Å². The fourth-order valence-electron chi connectivity index (χ4n) is 5.33. The van der Waals surface area contributed by atoms with E-state index in [9.17, 15) is 0 Å². The summed E-state index contributed by atoms with van der Waals surface area (Å²) < 4.78 is 7.46. The van der Waals surface area contributed by atoms with Gasteiger partial charge >= 0.3 is 0 Å². The predicted molar refractivity (Wildman–Crippen MR) is 137 cm³/mol. The highest BCUT2D eigenvalue weighted by molar-refractivity contribution is 5.58. The lowest BCUT2D eigenvalue weighted by Crippen LogP contribution is -2.46. The van der Waals surface area contributed by atoms with E-state index < -0.39 is 0 Å². The van der Waals surface area contributed by atoms with E-state index in [1.807, 2.05) is 22.8 Å². The van der Waals surface area contributed by atoms with Crippen LogP contribution in [0.4, 0.5) is 11.6 Å². The number of benzene rings is 1. The van der Waals surface area contributed by atoms with Crippen molar-refractivity contribution in [1.82, 2.24) is 24.5 Å². The Balaban J connectivity index is 1.21. The number of anilines is 2.